The number of aryl methyl sites for hydroxylation is 1. The van der Waals surface area contributed by atoms with Crippen molar-refractivity contribution in [3.8, 4) is 0 Å². The largest absolute Gasteiger partial charge is 0.478 e. The summed E-state index contributed by atoms with van der Waals surface area (Å²) in [7, 11) is 0. The lowest BCUT2D eigenvalue weighted by Crippen LogP contribution is -2.11. The number of anilines is 1. The van der Waals surface area contributed by atoms with Gasteiger partial charge in [-0.15, -0.1) is 11.3 Å². The number of carboxylic acids is 1. The number of thiazole rings is 1. The summed E-state index contributed by atoms with van der Waals surface area (Å²) in [5.41, 5.74) is 2.85. The van der Waals surface area contributed by atoms with Crippen molar-refractivity contribution in [2.75, 3.05) is 5.32 Å². The number of carbonyl (C=O) groups is 2. The minimum atomic E-state index is -1.01. The van der Waals surface area contributed by atoms with E-state index in [1.54, 1.807) is 24.6 Å². The summed E-state index contributed by atoms with van der Waals surface area (Å²) in [4.78, 5) is 27.0. The van der Waals surface area contributed by atoms with Gasteiger partial charge in [0.15, 0.2) is 0 Å². The number of nitrogens with zero attached hydrogens (tertiary/aromatic N) is 1. The number of hydrogen-bond donors (Lipinski definition) is 2. The van der Waals surface area contributed by atoms with Crippen LogP contribution < -0.4 is 5.32 Å². The average Bonchev–Trinajstić information content (AvgIpc) is 2.85. The van der Waals surface area contributed by atoms with Crippen LogP contribution in [0.4, 0.5) is 5.69 Å². The third-order valence-electron chi connectivity index (χ3n) is 2.38. The maximum atomic E-state index is 11.8. The van der Waals surface area contributed by atoms with Crippen molar-refractivity contribution in [3.63, 3.8) is 0 Å². The minimum absolute atomic E-state index is 0.178. The summed E-state index contributed by atoms with van der Waals surface area (Å²) < 4.78 is 0. The van der Waals surface area contributed by atoms with E-state index in [2.05, 4.69) is 10.3 Å². The second-order valence-corrected chi connectivity index (χ2v) is 4.54. The van der Waals surface area contributed by atoms with E-state index in [4.69, 9.17) is 5.11 Å². The van der Waals surface area contributed by atoms with Gasteiger partial charge in [-0.05, 0) is 24.6 Å². The highest BCUT2D eigenvalue weighted by molar-refractivity contribution is 7.11. The van der Waals surface area contributed by atoms with Crippen molar-refractivity contribution in [3.05, 3.63) is 45.9 Å². The number of carboxylic acid groups (broad SMARTS) is 1. The van der Waals surface area contributed by atoms with Gasteiger partial charge in [-0.3, -0.25) is 9.78 Å². The summed E-state index contributed by atoms with van der Waals surface area (Å²) in [5, 5.41) is 11.6. The van der Waals surface area contributed by atoms with E-state index >= 15 is 0 Å². The highest BCUT2D eigenvalue weighted by atomic mass is 32.1. The Morgan fingerprint density at radius 2 is 2.17 bits per heavy atom. The van der Waals surface area contributed by atoms with E-state index < -0.39 is 5.97 Å². The average molecular weight is 262 g/mol. The summed E-state index contributed by atoms with van der Waals surface area (Å²) in [5.74, 6) is -1.31. The van der Waals surface area contributed by atoms with Crippen LogP contribution in [0.2, 0.25) is 0 Å². The first kappa shape index (κ1) is 12.3. The number of aromatic nitrogens is 1. The summed E-state index contributed by atoms with van der Waals surface area (Å²) in [6.07, 6.45) is 1.46. The van der Waals surface area contributed by atoms with E-state index in [-0.39, 0.29) is 11.5 Å². The quantitative estimate of drug-likeness (QED) is 0.890. The first-order chi connectivity index (χ1) is 8.58. The van der Waals surface area contributed by atoms with Gasteiger partial charge in [-0.1, -0.05) is 6.07 Å². The number of benzene rings is 1. The van der Waals surface area contributed by atoms with Crippen molar-refractivity contribution in [1.82, 2.24) is 4.98 Å². The molecule has 0 saturated heterocycles. The van der Waals surface area contributed by atoms with Gasteiger partial charge in [0.25, 0.3) is 5.91 Å². The molecule has 6 heteroatoms. The van der Waals surface area contributed by atoms with Gasteiger partial charge >= 0.3 is 5.97 Å². The standard InChI is InChI=1S/C12H10N2O3S/c1-7-2-3-8(4-9(7)12(16)17)14-11(15)10-5-13-6-18-10/h2-6H,1H3,(H,14,15)(H,16,17). The third kappa shape index (κ3) is 2.54. The van der Waals surface area contributed by atoms with Crippen LogP contribution in [0, 0.1) is 6.92 Å². The molecule has 0 fully saturated rings. The third-order valence-corrected chi connectivity index (χ3v) is 3.15. The molecule has 1 aromatic heterocycles. The van der Waals surface area contributed by atoms with E-state index in [9.17, 15) is 9.59 Å². The first-order valence-corrected chi connectivity index (χ1v) is 5.99. The molecule has 2 N–H and O–H groups in total. The minimum Gasteiger partial charge on any atom is -0.478 e. The number of aromatic carboxylic acids is 1. The predicted molar refractivity (Wildman–Crippen MR) is 68.2 cm³/mol. The monoisotopic (exact) mass is 262 g/mol. The Morgan fingerprint density at radius 3 is 2.78 bits per heavy atom. The molecule has 5 nitrogen and oxygen atoms in total. The van der Waals surface area contributed by atoms with Gasteiger partial charge in [0.2, 0.25) is 0 Å². The smallest absolute Gasteiger partial charge is 0.336 e. The van der Waals surface area contributed by atoms with Crippen LogP contribution in [0.25, 0.3) is 0 Å². The fraction of sp³-hybridized carbons (Fsp3) is 0.0833. The van der Waals surface area contributed by atoms with E-state index in [1.807, 2.05) is 0 Å². The van der Waals surface area contributed by atoms with Gasteiger partial charge in [0, 0.05) is 5.69 Å². The Balaban J connectivity index is 2.22. The lowest BCUT2D eigenvalue weighted by atomic mass is 10.1. The molecule has 0 radical (unpaired) electrons. The van der Waals surface area contributed by atoms with Gasteiger partial charge in [-0.25, -0.2) is 4.79 Å². The normalized spacial score (nSPS) is 10.1. The number of amides is 1. The molecule has 0 unspecified atom stereocenters. The lowest BCUT2D eigenvalue weighted by Gasteiger charge is -2.06. The van der Waals surface area contributed by atoms with Crippen LogP contribution in [-0.4, -0.2) is 22.0 Å². The van der Waals surface area contributed by atoms with E-state index in [0.717, 1.165) is 0 Å². The van der Waals surface area contributed by atoms with Crippen LogP contribution in [0.3, 0.4) is 0 Å². The van der Waals surface area contributed by atoms with Crippen LogP contribution in [0.15, 0.2) is 29.9 Å². The fourth-order valence-corrected chi connectivity index (χ4v) is 1.97. The Morgan fingerprint density at radius 1 is 1.39 bits per heavy atom. The van der Waals surface area contributed by atoms with Crippen LogP contribution in [0.1, 0.15) is 25.6 Å². The first-order valence-electron chi connectivity index (χ1n) is 5.11. The summed E-state index contributed by atoms with van der Waals surface area (Å²) in [6, 6.07) is 4.77. The zero-order valence-electron chi connectivity index (χ0n) is 9.51. The second kappa shape index (κ2) is 4.97. The molecule has 2 aromatic rings. The maximum Gasteiger partial charge on any atom is 0.336 e. The predicted octanol–water partition coefficient (Wildman–Crippen LogP) is 2.40. The molecule has 0 aliphatic carbocycles. The van der Waals surface area contributed by atoms with Gasteiger partial charge < -0.3 is 10.4 Å². The Bertz CT molecular complexity index is 593. The van der Waals surface area contributed by atoms with Gasteiger partial charge in [0.1, 0.15) is 4.88 Å². The van der Waals surface area contributed by atoms with Crippen molar-refractivity contribution >= 4 is 28.9 Å². The molecule has 0 atom stereocenters. The lowest BCUT2D eigenvalue weighted by molar-refractivity contribution is 0.0695. The second-order valence-electron chi connectivity index (χ2n) is 3.65. The Labute approximate surface area is 107 Å². The fourth-order valence-electron chi connectivity index (χ4n) is 1.45. The van der Waals surface area contributed by atoms with E-state index in [1.165, 1.54) is 23.6 Å². The number of carbonyl (C=O) groups excluding carboxylic acids is 1. The highest BCUT2D eigenvalue weighted by Crippen LogP contribution is 2.17. The SMILES string of the molecule is Cc1ccc(NC(=O)c2cncs2)cc1C(=O)O. The van der Waals surface area contributed by atoms with Crippen LogP contribution >= 0.6 is 11.3 Å². The maximum absolute atomic E-state index is 11.8. The van der Waals surface area contributed by atoms with Crippen molar-refractivity contribution in [1.29, 1.82) is 0 Å². The molecule has 92 valence electrons. The molecule has 1 heterocycles. The van der Waals surface area contributed by atoms with Crippen LogP contribution in [0.5, 0.6) is 0 Å². The molecule has 0 saturated carbocycles. The topological polar surface area (TPSA) is 79.3 Å². The molecule has 2 rings (SSSR count). The molecule has 0 aliphatic rings. The van der Waals surface area contributed by atoms with Crippen LogP contribution in [-0.2, 0) is 0 Å². The molecular weight excluding hydrogens is 252 g/mol. The summed E-state index contributed by atoms with van der Waals surface area (Å²) in [6.45, 7) is 1.71. The molecule has 0 bridgehead atoms. The number of nitrogens with one attached hydrogen (secondary N) is 1. The highest BCUT2D eigenvalue weighted by Gasteiger charge is 2.11. The molecular formula is C12H10N2O3S. The number of rotatable bonds is 3. The molecule has 1 aromatic carbocycles. The van der Waals surface area contributed by atoms with Crippen molar-refractivity contribution in [2.45, 2.75) is 6.92 Å². The molecule has 0 aliphatic heterocycles. The Hall–Kier alpha value is -2.21. The number of hydrogen-bond acceptors (Lipinski definition) is 4. The van der Waals surface area contributed by atoms with Crippen molar-refractivity contribution < 1.29 is 14.7 Å². The molecule has 0 spiro atoms. The molecule has 18 heavy (non-hydrogen) atoms. The zero-order valence-corrected chi connectivity index (χ0v) is 10.3. The Kier molecular flexibility index (Phi) is 3.38. The van der Waals surface area contributed by atoms with Gasteiger partial charge in [-0.2, -0.15) is 0 Å². The zero-order chi connectivity index (χ0) is 13.1. The van der Waals surface area contributed by atoms with Gasteiger partial charge in [0.05, 0.1) is 17.3 Å². The van der Waals surface area contributed by atoms with E-state index in [0.29, 0.717) is 16.1 Å². The van der Waals surface area contributed by atoms with Crippen molar-refractivity contribution in [2.24, 2.45) is 0 Å². The summed E-state index contributed by atoms with van der Waals surface area (Å²) >= 11 is 1.22. The molecule has 1 amide bonds.